The second kappa shape index (κ2) is 8.33. The summed E-state index contributed by atoms with van der Waals surface area (Å²) in [6.45, 7) is 6.29. The third-order valence-electron chi connectivity index (χ3n) is 4.06. The third-order valence-corrected chi connectivity index (χ3v) is 5.11. The first-order chi connectivity index (χ1) is 12.1. The van der Waals surface area contributed by atoms with Crippen molar-refractivity contribution in [3.63, 3.8) is 0 Å². The molecule has 1 aliphatic heterocycles. The number of nitrogens with zero attached hydrogens (tertiary/aromatic N) is 2. The van der Waals surface area contributed by atoms with Crippen LogP contribution in [0.4, 0.5) is 0 Å². The highest BCUT2D eigenvalue weighted by atomic mass is 32.1. The number of carbonyl (C=O) groups is 2. The fourth-order valence-corrected chi connectivity index (χ4v) is 3.45. The van der Waals surface area contributed by atoms with Crippen molar-refractivity contribution in [1.82, 2.24) is 15.2 Å². The van der Waals surface area contributed by atoms with E-state index in [1.54, 1.807) is 18.3 Å². The Morgan fingerprint density at radius 1 is 1.32 bits per heavy atom. The molecule has 3 rings (SSSR count). The van der Waals surface area contributed by atoms with Gasteiger partial charge in [0.15, 0.2) is 5.78 Å². The molecule has 0 atom stereocenters. The van der Waals surface area contributed by atoms with Gasteiger partial charge in [-0.2, -0.15) is 0 Å². The molecule has 1 N–H and O–H groups in total. The summed E-state index contributed by atoms with van der Waals surface area (Å²) >= 11 is 1.33. The molecule has 1 saturated heterocycles. The van der Waals surface area contributed by atoms with Crippen LogP contribution in [0.15, 0.2) is 30.5 Å². The minimum atomic E-state index is -0.111. The second-order valence-electron chi connectivity index (χ2n) is 5.88. The van der Waals surface area contributed by atoms with Crippen LogP contribution in [0.3, 0.4) is 0 Å². The minimum absolute atomic E-state index is 0.0134. The normalized spacial score (nSPS) is 15.1. The molecule has 1 amide bonds. The Morgan fingerprint density at radius 3 is 2.88 bits per heavy atom. The first-order valence-corrected chi connectivity index (χ1v) is 9.10. The number of hydrogen-bond acceptors (Lipinski definition) is 6. The van der Waals surface area contributed by atoms with Crippen molar-refractivity contribution >= 4 is 23.0 Å². The lowest BCUT2D eigenvalue weighted by Crippen LogP contribution is -2.41. The maximum atomic E-state index is 12.3. The summed E-state index contributed by atoms with van der Waals surface area (Å²) in [7, 11) is 0. The molecule has 2 aromatic rings. The monoisotopic (exact) mass is 359 g/mol. The number of thiazole rings is 1. The molecule has 1 fully saturated rings. The molecular weight excluding hydrogens is 338 g/mol. The van der Waals surface area contributed by atoms with E-state index in [-0.39, 0.29) is 11.7 Å². The van der Waals surface area contributed by atoms with Crippen LogP contribution in [0.1, 0.15) is 27.0 Å². The van der Waals surface area contributed by atoms with Gasteiger partial charge >= 0.3 is 0 Å². The Morgan fingerprint density at radius 2 is 2.12 bits per heavy atom. The summed E-state index contributed by atoms with van der Waals surface area (Å²) in [4.78, 5) is 30.9. The number of Topliss-reactive ketones (excluding diaryl/α,β-unsaturated/α-hetero) is 1. The summed E-state index contributed by atoms with van der Waals surface area (Å²) in [6, 6.07) is 7.31. The molecule has 0 radical (unpaired) electrons. The molecule has 0 saturated carbocycles. The summed E-state index contributed by atoms with van der Waals surface area (Å²) in [5.74, 6) is -0.0979. The van der Waals surface area contributed by atoms with E-state index in [4.69, 9.17) is 4.74 Å². The van der Waals surface area contributed by atoms with E-state index in [9.17, 15) is 9.59 Å². The average molecular weight is 359 g/mol. The summed E-state index contributed by atoms with van der Waals surface area (Å²) in [5.41, 5.74) is 1.49. The number of carbonyl (C=O) groups excluding carboxylic acids is 2. The number of aromatic nitrogens is 1. The SMILES string of the molecule is CC(=O)c1cccc(-c2ncc(C(=O)NCCN3CCOCC3)s2)c1. The molecule has 1 aromatic carbocycles. The quantitative estimate of drug-likeness (QED) is 0.800. The van der Waals surface area contributed by atoms with Gasteiger partial charge in [-0.15, -0.1) is 11.3 Å². The van der Waals surface area contributed by atoms with Crippen molar-refractivity contribution in [2.75, 3.05) is 39.4 Å². The topological polar surface area (TPSA) is 71.5 Å². The van der Waals surface area contributed by atoms with Crippen LogP contribution in [0.5, 0.6) is 0 Å². The van der Waals surface area contributed by atoms with E-state index >= 15 is 0 Å². The Hall–Kier alpha value is -2.09. The molecule has 25 heavy (non-hydrogen) atoms. The van der Waals surface area contributed by atoms with Crippen molar-refractivity contribution in [3.05, 3.63) is 40.9 Å². The Bertz CT molecular complexity index is 754. The highest BCUT2D eigenvalue weighted by Gasteiger charge is 2.14. The number of amides is 1. The first kappa shape index (κ1) is 17.7. The molecule has 0 unspecified atom stereocenters. The Balaban J connectivity index is 1.57. The summed E-state index contributed by atoms with van der Waals surface area (Å²) < 4.78 is 5.31. The number of benzene rings is 1. The fourth-order valence-electron chi connectivity index (χ4n) is 2.62. The van der Waals surface area contributed by atoms with E-state index < -0.39 is 0 Å². The van der Waals surface area contributed by atoms with Crippen LogP contribution in [0.2, 0.25) is 0 Å². The first-order valence-electron chi connectivity index (χ1n) is 8.29. The maximum absolute atomic E-state index is 12.3. The summed E-state index contributed by atoms with van der Waals surface area (Å²) in [5, 5.41) is 3.67. The van der Waals surface area contributed by atoms with Gasteiger partial charge in [-0.1, -0.05) is 18.2 Å². The largest absolute Gasteiger partial charge is 0.379 e. The highest BCUT2D eigenvalue weighted by molar-refractivity contribution is 7.16. The van der Waals surface area contributed by atoms with Crippen LogP contribution in [-0.2, 0) is 4.74 Å². The van der Waals surface area contributed by atoms with Gasteiger partial charge in [-0.05, 0) is 13.0 Å². The molecule has 0 aliphatic carbocycles. The average Bonchev–Trinajstić information content (AvgIpc) is 3.13. The highest BCUT2D eigenvalue weighted by Crippen LogP contribution is 2.26. The van der Waals surface area contributed by atoms with Crippen LogP contribution in [-0.4, -0.2) is 61.0 Å². The third kappa shape index (κ3) is 4.72. The van der Waals surface area contributed by atoms with Crippen molar-refractivity contribution in [2.24, 2.45) is 0 Å². The van der Waals surface area contributed by atoms with Gasteiger partial charge in [0.1, 0.15) is 9.88 Å². The lowest BCUT2D eigenvalue weighted by Gasteiger charge is -2.26. The number of morpholine rings is 1. The van der Waals surface area contributed by atoms with Crippen molar-refractivity contribution < 1.29 is 14.3 Å². The van der Waals surface area contributed by atoms with Gasteiger partial charge in [0, 0.05) is 37.3 Å². The zero-order valence-corrected chi connectivity index (χ0v) is 15.0. The van der Waals surface area contributed by atoms with Crippen LogP contribution >= 0.6 is 11.3 Å². The lowest BCUT2D eigenvalue weighted by molar-refractivity contribution is 0.0383. The molecule has 2 heterocycles. The maximum Gasteiger partial charge on any atom is 0.263 e. The van der Waals surface area contributed by atoms with Crippen molar-refractivity contribution in [1.29, 1.82) is 0 Å². The molecule has 0 bridgehead atoms. The minimum Gasteiger partial charge on any atom is -0.379 e. The molecular formula is C18H21N3O3S. The van der Waals surface area contributed by atoms with E-state index in [0.29, 0.717) is 17.0 Å². The molecule has 7 heteroatoms. The number of hydrogen-bond donors (Lipinski definition) is 1. The Kier molecular flexibility index (Phi) is 5.91. The molecule has 1 aliphatic rings. The molecule has 6 nitrogen and oxygen atoms in total. The van der Waals surface area contributed by atoms with Crippen LogP contribution < -0.4 is 5.32 Å². The van der Waals surface area contributed by atoms with E-state index in [1.165, 1.54) is 18.3 Å². The van der Waals surface area contributed by atoms with E-state index in [1.807, 2.05) is 12.1 Å². The van der Waals surface area contributed by atoms with Gasteiger partial charge < -0.3 is 10.1 Å². The second-order valence-corrected chi connectivity index (χ2v) is 6.91. The number of ether oxygens (including phenoxy) is 1. The van der Waals surface area contributed by atoms with Gasteiger partial charge in [-0.25, -0.2) is 4.98 Å². The van der Waals surface area contributed by atoms with Gasteiger partial charge in [0.05, 0.1) is 19.4 Å². The standard InChI is InChI=1S/C18H21N3O3S/c1-13(22)14-3-2-4-15(11-14)18-20-12-16(25-18)17(23)19-5-6-21-7-9-24-10-8-21/h2-4,11-12H,5-10H2,1H3,(H,19,23). The number of nitrogens with one attached hydrogen (secondary N) is 1. The lowest BCUT2D eigenvalue weighted by atomic mass is 10.1. The fraction of sp³-hybridized carbons (Fsp3) is 0.389. The van der Waals surface area contributed by atoms with E-state index in [0.717, 1.165) is 43.4 Å². The number of rotatable bonds is 6. The number of ketones is 1. The van der Waals surface area contributed by atoms with Crippen LogP contribution in [0, 0.1) is 0 Å². The van der Waals surface area contributed by atoms with Crippen LogP contribution in [0.25, 0.3) is 10.6 Å². The molecule has 1 aromatic heterocycles. The zero-order valence-electron chi connectivity index (χ0n) is 14.2. The predicted molar refractivity (Wildman–Crippen MR) is 97.1 cm³/mol. The molecule has 132 valence electrons. The van der Waals surface area contributed by atoms with E-state index in [2.05, 4.69) is 15.2 Å². The van der Waals surface area contributed by atoms with Gasteiger partial charge in [0.2, 0.25) is 0 Å². The summed E-state index contributed by atoms with van der Waals surface area (Å²) in [6.07, 6.45) is 1.59. The van der Waals surface area contributed by atoms with Gasteiger partial charge in [0.25, 0.3) is 5.91 Å². The van der Waals surface area contributed by atoms with Crippen molar-refractivity contribution in [3.8, 4) is 10.6 Å². The smallest absolute Gasteiger partial charge is 0.263 e. The van der Waals surface area contributed by atoms with Gasteiger partial charge in [-0.3, -0.25) is 14.5 Å². The Labute approximate surface area is 150 Å². The predicted octanol–water partition coefficient (Wildman–Crippen LogP) is 2.07. The van der Waals surface area contributed by atoms with Crippen molar-refractivity contribution in [2.45, 2.75) is 6.92 Å². The zero-order chi connectivity index (χ0) is 17.6. The molecule has 0 spiro atoms.